The van der Waals surface area contributed by atoms with Crippen molar-refractivity contribution in [3.05, 3.63) is 23.8 Å². The van der Waals surface area contributed by atoms with Gasteiger partial charge in [0.05, 0.1) is 10.2 Å². The average Bonchev–Trinajstić information content (AvgIpc) is 2.59. The first kappa shape index (κ1) is 8.15. The molecule has 0 saturated heterocycles. The van der Waals surface area contributed by atoms with Crippen LogP contribution in [-0.2, 0) is 0 Å². The quantitative estimate of drug-likeness (QED) is 0.429. The normalized spacial score (nSPS) is 10.2. The second kappa shape index (κ2) is 3.12. The standard InChI is InChI=1S/C8H7N3OS/c9-11-8-10-6-3-1-2-5(4-12)7(6)13-8/h1-4H,9H2,(H,10,11). The summed E-state index contributed by atoms with van der Waals surface area (Å²) >= 11 is 1.37. The lowest BCUT2D eigenvalue weighted by molar-refractivity contribution is 0.112. The molecule has 3 N–H and O–H groups in total. The molecule has 1 aromatic heterocycles. The van der Waals surface area contributed by atoms with Crippen molar-refractivity contribution in [3.63, 3.8) is 0 Å². The number of rotatable bonds is 2. The molecule has 0 aliphatic heterocycles. The molecule has 13 heavy (non-hydrogen) atoms. The number of hydrazine groups is 1. The SMILES string of the molecule is NNc1nc2cccc(C=O)c2s1. The molecule has 0 aliphatic carbocycles. The Kier molecular flexibility index (Phi) is 1.96. The van der Waals surface area contributed by atoms with Gasteiger partial charge >= 0.3 is 0 Å². The van der Waals surface area contributed by atoms with Crippen LogP contribution in [0.15, 0.2) is 18.2 Å². The van der Waals surface area contributed by atoms with Gasteiger partial charge in [-0.25, -0.2) is 10.8 Å². The number of aldehydes is 1. The van der Waals surface area contributed by atoms with Crippen LogP contribution >= 0.6 is 11.3 Å². The zero-order valence-electron chi connectivity index (χ0n) is 6.65. The maximum atomic E-state index is 10.6. The second-order valence-electron chi connectivity index (χ2n) is 2.48. The first-order valence-corrected chi connectivity index (χ1v) is 4.48. The lowest BCUT2D eigenvalue weighted by Gasteiger charge is -1.89. The van der Waals surface area contributed by atoms with Crippen molar-refractivity contribution in [2.24, 2.45) is 5.84 Å². The van der Waals surface area contributed by atoms with E-state index in [4.69, 9.17) is 5.84 Å². The van der Waals surface area contributed by atoms with Gasteiger partial charge in [0.25, 0.3) is 0 Å². The summed E-state index contributed by atoms with van der Waals surface area (Å²) in [6, 6.07) is 5.40. The smallest absolute Gasteiger partial charge is 0.198 e. The van der Waals surface area contributed by atoms with Crippen LogP contribution in [0.1, 0.15) is 10.4 Å². The van der Waals surface area contributed by atoms with Crippen LogP contribution in [0.5, 0.6) is 0 Å². The number of nitrogens with two attached hydrogens (primary N) is 1. The highest BCUT2D eigenvalue weighted by Gasteiger charge is 2.05. The molecule has 66 valence electrons. The predicted octanol–water partition coefficient (Wildman–Crippen LogP) is 1.39. The number of nitrogens with one attached hydrogen (secondary N) is 1. The molecule has 0 fully saturated rings. The van der Waals surface area contributed by atoms with Crippen molar-refractivity contribution >= 4 is 33.0 Å². The molecule has 2 rings (SSSR count). The number of hydrogen-bond acceptors (Lipinski definition) is 5. The maximum Gasteiger partial charge on any atom is 0.198 e. The molecule has 0 amide bonds. The molecule has 2 aromatic rings. The Hall–Kier alpha value is -1.46. The highest BCUT2D eigenvalue weighted by atomic mass is 32.1. The Labute approximate surface area is 78.4 Å². The first-order chi connectivity index (χ1) is 6.35. The molecule has 0 bridgehead atoms. The van der Waals surface area contributed by atoms with Crippen LogP contribution in [0.3, 0.4) is 0 Å². The van der Waals surface area contributed by atoms with Gasteiger partial charge in [-0.05, 0) is 6.07 Å². The number of anilines is 1. The van der Waals surface area contributed by atoms with E-state index in [1.807, 2.05) is 6.07 Å². The number of thiazole rings is 1. The Balaban J connectivity index is 2.74. The van der Waals surface area contributed by atoms with Crippen LogP contribution in [-0.4, -0.2) is 11.3 Å². The van der Waals surface area contributed by atoms with E-state index in [1.54, 1.807) is 12.1 Å². The van der Waals surface area contributed by atoms with Crippen LogP contribution in [0.2, 0.25) is 0 Å². The van der Waals surface area contributed by atoms with Gasteiger partial charge in [-0.2, -0.15) is 0 Å². The Morgan fingerprint density at radius 2 is 2.38 bits per heavy atom. The summed E-state index contributed by atoms with van der Waals surface area (Å²) in [4.78, 5) is 14.8. The minimum Gasteiger partial charge on any atom is -0.300 e. The van der Waals surface area contributed by atoms with Crippen molar-refractivity contribution in [3.8, 4) is 0 Å². The summed E-state index contributed by atoms with van der Waals surface area (Å²) in [6.07, 6.45) is 0.820. The fourth-order valence-electron chi connectivity index (χ4n) is 1.12. The first-order valence-electron chi connectivity index (χ1n) is 3.66. The van der Waals surface area contributed by atoms with Crippen LogP contribution < -0.4 is 11.3 Å². The van der Waals surface area contributed by atoms with Crippen LogP contribution in [0.4, 0.5) is 5.13 Å². The van der Waals surface area contributed by atoms with Gasteiger partial charge in [-0.15, -0.1) is 0 Å². The Bertz CT molecular complexity index is 452. The number of nitrogens with zero attached hydrogens (tertiary/aromatic N) is 1. The van der Waals surface area contributed by atoms with Gasteiger partial charge in [-0.1, -0.05) is 23.5 Å². The van der Waals surface area contributed by atoms with Crippen molar-refractivity contribution < 1.29 is 4.79 Å². The van der Waals surface area contributed by atoms with E-state index in [1.165, 1.54) is 11.3 Å². The number of carbonyl (C=O) groups excluding carboxylic acids is 1. The summed E-state index contributed by atoms with van der Waals surface area (Å²) in [5.41, 5.74) is 3.90. The second-order valence-corrected chi connectivity index (χ2v) is 3.48. The van der Waals surface area contributed by atoms with Gasteiger partial charge < -0.3 is 0 Å². The minimum absolute atomic E-state index is 0.615. The number of nitrogen functional groups attached to an aromatic ring is 1. The molecular formula is C8H7N3OS. The topological polar surface area (TPSA) is 68.0 Å². The van der Waals surface area contributed by atoms with Gasteiger partial charge in [-0.3, -0.25) is 10.2 Å². The van der Waals surface area contributed by atoms with Gasteiger partial charge in [0.1, 0.15) is 0 Å². The predicted molar refractivity (Wildman–Crippen MR) is 52.8 cm³/mol. The molecule has 5 heteroatoms. The number of fused-ring (bicyclic) bond motifs is 1. The fraction of sp³-hybridized carbons (Fsp3) is 0. The number of hydrogen-bond donors (Lipinski definition) is 2. The number of benzene rings is 1. The van der Waals surface area contributed by atoms with E-state index in [9.17, 15) is 4.79 Å². The lowest BCUT2D eigenvalue weighted by atomic mass is 10.2. The molecule has 0 unspecified atom stereocenters. The summed E-state index contributed by atoms with van der Waals surface area (Å²) in [6.45, 7) is 0. The molecule has 4 nitrogen and oxygen atoms in total. The van der Waals surface area contributed by atoms with Crippen LogP contribution in [0, 0.1) is 0 Å². The van der Waals surface area contributed by atoms with Gasteiger partial charge in [0, 0.05) is 5.56 Å². The van der Waals surface area contributed by atoms with E-state index in [-0.39, 0.29) is 0 Å². The lowest BCUT2D eigenvalue weighted by Crippen LogP contribution is -2.05. The number of aromatic nitrogens is 1. The highest BCUT2D eigenvalue weighted by molar-refractivity contribution is 7.22. The zero-order chi connectivity index (χ0) is 9.26. The van der Waals surface area contributed by atoms with Crippen LogP contribution in [0.25, 0.3) is 10.2 Å². The molecule has 1 aromatic carbocycles. The molecular weight excluding hydrogens is 186 g/mol. The maximum absolute atomic E-state index is 10.6. The van der Waals surface area contributed by atoms with E-state index in [0.29, 0.717) is 10.7 Å². The van der Waals surface area contributed by atoms with E-state index in [2.05, 4.69) is 10.4 Å². The van der Waals surface area contributed by atoms with Crippen molar-refractivity contribution in [2.45, 2.75) is 0 Å². The summed E-state index contributed by atoms with van der Waals surface area (Å²) < 4.78 is 0.866. The minimum atomic E-state index is 0.615. The Morgan fingerprint density at radius 1 is 1.54 bits per heavy atom. The van der Waals surface area contributed by atoms with Crippen molar-refractivity contribution in [1.29, 1.82) is 0 Å². The van der Waals surface area contributed by atoms with Crippen molar-refractivity contribution in [2.75, 3.05) is 5.43 Å². The zero-order valence-corrected chi connectivity index (χ0v) is 7.47. The summed E-state index contributed by atoms with van der Waals surface area (Å²) in [7, 11) is 0. The monoisotopic (exact) mass is 193 g/mol. The van der Waals surface area contributed by atoms with E-state index in [0.717, 1.165) is 16.5 Å². The summed E-state index contributed by atoms with van der Waals surface area (Å²) in [5, 5.41) is 0.615. The average molecular weight is 193 g/mol. The van der Waals surface area contributed by atoms with Crippen molar-refractivity contribution in [1.82, 2.24) is 4.98 Å². The third-order valence-electron chi connectivity index (χ3n) is 1.70. The number of carbonyl (C=O) groups is 1. The van der Waals surface area contributed by atoms with E-state index >= 15 is 0 Å². The molecule has 0 aliphatic rings. The molecule has 0 atom stereocenters. The van der Waals surface area contributed by atoms with Gasteiger partial charge in [0.15, 0.2) is 11.4 Å². The Morgan fingerprint density at radius 3 is 3.08 bits per heavy atom. The van der Waals surface area contributed by atoms with Gasteiger partial charge in [0.2, 0.25) is 0 Å². The van der Waals surface area contributed by atoms with E-state index < -0.39 is 0 Å². The third-order valence-corrected chi connectivity index (χ3v) is 2.75. The summed E-state index contributed by atoms with van der Waals surface area (Å²) in [5.74, 6) is 5.21. The molecule has 0 saturated carbocycles. The molecule has 1 heterocycles. The largest absolute Gasteiger partial charge is 0.300 e. The fourth-order valence-corrected chi connectivity index (χ4v) is 1.97. The molecule has 0 radical (unpaired) electrons. The highest BCUT2D eigenvalue weighted by Crippen LogP contribution is 2.27. The molecule has 0 spiro atoms. The third kappa shape index (κ3) is 1.28.